The van der Waals surface area contributed by atoms with Gasteiger partial charge in [-0.2, -0.15) is 0 Å². The van der Waals surface area contributed by atoms with Crippen LogP contribution in [0.15, 0.2) is 21.5 Å². The second-order valence-electron chi connectivity index (χ2n) is 5.55. The molecule has 3 nitrogen and oxygen atoms in total. The average molecular weight is 327 g/mol. The molecule has 0 amide bonds. The highest BCUT2D eigenvalue weighted by atomic mass is 79.9. The van der Waals surface area contributed by atoms with Gasteiger partial charge in [-0.25, -0.2) is 0 Å². The van der Waals surface area contributed by atoms with E-state index in [1.807, 2.05) is 19.2 Å². The summed E-state index contributed by atoms with van der Waals surface area (Å²) in [5.74, 6) is 0.842. The molecule has 4 heteroatoms. The summed E-state index contributed by atoms with van der Waals surface area (Å²) >= 11 is 3.44. The van der Waals surface area contributed by atoms with Gasteiger partial charge in [0.05, 0.1) is 0 Å². The van der Waals surface area contributed by atoms with Crippen LogP contribution in [0.4, 0.5) is 0 Å². The van der Waals surface area contributed by atoms with E-state index in [1.165, 1.54) is 32.1 Å². The average Bonchev–Trinajstić information content (AvgIpc) is 2.41. The first-order chi connectivity index (χ1) is 9.16. The second-order valence-corrected chi connectivity index (χ2v) is 6.46. The molecule has 19 heavy (non-hydrogen) atoms. The van der Waals surface area contributed by atoms with Gasteiger partial charge in [-0.3, -0.25) is 4.79 Å². The number of halogens is 1. The van der Waals surface area contributed by atoms with E-state index in [0.717, 1.165) is 35.6 Å². The third-order valence-corrected chi connectivity index (χ3v) is 4.35. The van der Waals surface area contributed by atoms with Crippen molar-refractivity contribution in [3.8, 4) is 0 Å². The van der Waals surface area contributed by atoms with E-state index in [1.54, 1.807) is 4.57 Å². The molecule has 0 spiro atoms. The van der Waals surface area contributed by atoms with Crippen molar-refractivity contribution in [3.63, 3.8) is 0 Å². The largest absolute Gasteiger partial charge is 0.315 e. The summed E-state index contributed by atoms with van der Waals surface area (Å²) in [7, 11) is 0. The molecule has 1 aliphatic carbocycles. The molecular formula is C15H23BrN2O. The van der Waals surface area contributed by atoms with Gasteiger partial charge in [0.1, 0.15) is 0 Å². The van der Waals surface area contributed by atoms with Crippen LogP contribution in [0, 0.1) is 12.8 Å². The SMILES string of the molecule is Cc1cc(Br)cn(CCNCC2CCCCC2)c1=O. The first kappa shape index (κ1) is 14.8. The summed E-state index contributed by atoms with van der Waals surface area (Å²) in [6.45, 7) is 4.57. The molecule has 0 saturated heterocycles. The van der Waals surface area contributed by atoms with Crippen LogP contribution >= 0.6 is 15.9 Å². The Kier molecular flexibility index (Phi) is 5.64. The molecule has 0 aliphatic heterocycles. The van der Waals surface area contributed by atoms with Crippen LogP contribution in [0.5, 0.6) is 0 Å². The molecule has 1 heterocycles. The van der Waals surface area contributed by atoms with Crippen LogP contribution in [0.3, 0.4) is 0 Å². The Morgan fingerprint density at radius 1 is 1.37 bits per heavy atom. The van der Waals surface area contributed by atoms with Crippen molar-refractivity contribution in [2.24, 2.45) is 5.92 Å². The van der Waals surface area contributed by atoms with Gasteiger partial charge in [0, 0.05) is 29.3 Å². The normalized spacial score (nSPS) is 16.7. The van der Waals surface area contributed by atoms with Crippen LogP contribution in [0.25, 0.3) is 0 Å². The third kappa shape index (κ3) is 4.46. The maximum absolute atomic E-state index is 11.9. The zero-order valence-corrected chi connectivity index (χ0v) is 13.2. The van der Waals surface area contributed by atoms with Gasteiger partial charge in [-0.15, -0.1) is 0 Å². The van der Waals surface area contributed by atoms with Crippen molar-refractivity contribution in [1.29, 1.82) is 0 Å². The van der Waals surface area contributed by atoms with Crippen molar-refractivity contribution < 1.29 is 0 Å². The fraction of sp³-hybridized carbons (Fsp3) is 0.667. The van der Waals surface area contributed by atoms with Crippen LogP contribution in [-0.4, -0.2) is 17.7 Å². The highest BCUT2D eigenvalue weighted by Gasteiger charge is 2.12. The van der Waals surface area contributed by atoms with E-state index in [-0.39, 0.29) is 5.56 Å². The minimum atomic E-state index is 0.114. The first-order valence-electron chi connectivity index (χ1n) is 7.24. The minimum Gasteiger partial charge on any atom is -0.315 e. The molecule has 1 fully saturated rings. The van der Waals surface area contributed by atoms with E-state index in [0.29, 0.717) is 0 Å². The summed E-state index contributed by atoms with van der Waals surface area (Å²) in [5, 5.41) is 3.49. The highest BCUT2D eigenvalue weighted by Crippen LogP contribution is 2.22. The van der Waals surface area contributed by atoms with Gasteiger partial charge < -0.3 is 9.88 Å². The number of hydrogen-bond donors (Lipinski definition) is 1. The Morgan fingerprint density at radius 2 is 2.11 bits per heavy atom. The molecule has 0 bridgehead atoms. The quantitative estimate of drug-likeness (QED) is 0.844. The van der Waals surface area contributed by atoms with E-state index in [9.17, 15) is 4.79 Å². The number of nitrogens with zero attached hydrogens (tertiary/aromatic N) is 1. The number of aryl methyl sites for hydroxylation is 1. The molecule has 0 atom stereocenters. The predicted molar refractivity (Wildman–Crippen MR) is 82.6 cm³/mol. The van der Waals surface area contributed by atoms with E-state index >= 15 is 0 Å². The van der Waals surface area contributed by atoms with Gasteiger partial charge >= 0.3 is 0 Å². The van der Waals surface area contributed by atoms with Crippen molar-refractivity contribution in [2.75, 3.05) is 13.1 Å². The smallest absolute Gasteiger partial charge is 0.253 e. The lowest BCUT2D eigenvalue weighted by Gasteiger charge is -2.21. The van der Waals surface area contributed by atoms with Crippen LogP contribution in [0.1, 0.15) is 37.7 Å². The predicted octanol–water partition coefficient (Wildman–Crippen LogP) is 3.09. The van der Waals surface area contributed by atoms with Gasteiger partial charge in [-0.05, 0) is 54.2 Å². The lowest BCUT2D eigenvalue weighted by Crippen LogP contribution is -2.31. The molecule has 0 aromatic carbocycles. The molecular weight excluding hydrogens is 304 g/mol. The van der Waals surface area contributed by atoms with E-state index in [4.69, 9.17) is 0 Å². The molecule has 1 aromatic rings. The Hall–Kier alpha value is -0.610. The van der Waals surface area contributed by atoms with Crippen molar-refractivity contribution >= 4 is 15.9 Å². The standard InChI is InChI=1S/C15H23BrN2O/c1-12-9-14(16)11-18(15(12)19)8-7-17-10-13-5-3-2-4-6-13/h9,11,13,17H,2-8,10H2,1H3. The van der Waals surface area contributed by atoms with Crippen molar-refractivity contribution in [1.82, 2.24) is 9.88 Å². The Labute approximate surface area is 123 Å². The number of pyridine rings is 1. The maximum atomic E-state index is 11.9. The number of aromatic nitrogens is 1. The minimum absolute atomic E-state index is 0.114. The first-order valence-corrected chi connectivity index (χ1v) is 8.03. The van der Waals surface area contributed by atoms with Crippen molar-refractivity contribution in [2.45, 2.75) is 45.6 Å². The van der Waals surface area contributed by atoms with Crippen LogP contribution in [-0.2, 0) is 6.54 Å². The monoisotopic (exact) mass is 326 g/mol. The molecule has 0 radical (unpaired) electrons. The van der Waals surface area contributed by atoms with Gasteiger partial charge in [-0.1, -0.05) is 19.3 Å². The van der Waals surface area contributed by atoms with Crippen LogP contribution < -0.4 is 10.9 Å². The van der Waals surface area contributed by atoms with Gasteiger partial charge in [0.15, 0.2) is 0 Å². The Morgan fingerprint density at radius 3 is 2.84 bits per heavy atom. The number of nitrogens with one attached hydrogen (secondary N) is 1. The summed E-state index contributed by atoms with van der Waals surface area (Å²) in [6, 6.07) is 1.87. The zero-order valence-electron chi connectivity index (χ0n) is 11.6. The van der Waals surface area contributed by atoms with Crippen LogP contribution in [0.2, 0.25) is 0 Å². The summed E-state index contributed by atoms with van der Waals surface area (Å²) in [4.78, 5) is 11.9. The number of rotatable bonds is 5. The molecule has 1 N–H and O–H groups in total. The molecule has 0 unspecified atom stereocenters. The van der Waals surface area contributed by atoms with Gasteiger partial charge in [0.2, 0.25) is 0 Å². The molecule has 1 aliphatic rings. The maximum Gasteiger partial charge on any atom is 0.253 e. The fourth-order valence-electron chi connectivity index (χ4n) is 2.80. The summed E-state index contributed by atoms with van der Waals surface area (Å²) in [5.41, 5.74) is 0.907. The molecule has 1 saturated carbocycles. The van der Waals surface area contributed by atoms with Gasteiger partial charge in [0.25, 0.3) is 5.56 Å². The zero-order chi connectivity index (χ0) is 13.7. The van der Waals surface area contributed by atoms with E-state index < -0.39 is 0 Å². The third-order valence-electron chi connectivity index (χ3n) is 3.92. The summed E-state index contributed by atoms with van der Waals surface area (Å²) < 4.78 is 2.75. The lowest BCUT2D eigenvalue weighted by atomic mass is 9.89. The fourth-order valence-corrected chi connectivity index (χ4v) is 3.39. The van der Waals surface area contributed by atoms with E-state index in [2.05, 4.69) is 21.2 Å². The molecule has 1 aromatic heterocycles. The molecule has 2 rings (SSSR count). The Balaban J connectivity index is 1.78. The topological polar surface area (TPSA) is 34.0 Å². The number of hydrogen-bond acceptors (Lipinski definition) is 2. The summed E-state index contributed by atoms with van der Waals surface area (Å²) in [6.07, 6.45) is 8.78. The molecule has 106 valence electrons. The van der Waals surface area contributed by atoms with Crippen molar-refractivity contribution in [3.05, 3.63) is 32.7 Å². The Bertz CT molecular complexity index is 464. The highest BCUT2D eigenvalue weighted by molar-refractivity contribution is 9.10. The second kappa shape index (κ2) is 7.25. The lowest BCUT2D eigenvalue weighted by molar-refractivity contribution is 0.340.